The van der Waals surface area contributed by atoms with Gasteiger partial charge in [-0.25, -0.2) is 9.37 Å². The quantitative estimate of drug-likeness (QED) is 0.328. The van der Waals surface area contributed by atoms with Gasteiger partial charge >= 0.3 is 0 Å². The number of guanidine groups is 1. The minimum absolute atomic E-state index is 0. The standard InChI is InChI=1S/C24H33FN6O.HI/c1-18-17-31(12-13-32-18)23-14-19(6-9-27-23)16-28-24(26-2)29-21-7-10-30(11-8-21)22-5-3-4-20(25)15-22;/h3-6,9,14-15,18,21H,7-8,10-13,16-17H2,1-2H3,(H2,26,28,29);1H. The molecular formula is C24H34FIN6O. The largest absolute Gasteiger partial charge is 0.375 e. The van der Waals surface area contributed by atoms with Crippen molar-refractivity contribution in [2.24, 2.45) is 4.99 Å². The monoisotopic (exact) mass is 568 g/mol. The van der Waals surface area contributed by atoms with Crippen molar-refractivity contribution in [3.05, 3.63) is 54.0 Å². The van der Waals surface area contributed by atoms with E-state index in [9.17, 15) is 4.39 Å². The van der Waals surface area contributed by atoms with Crippen LogP contribution in [-0.4, -0.2) is 62.9 Å². The normalized spacial score (nSPS) is 19.7. The van der Waals surface area contributed by atoms with E-state index in [4.69, 9.17) is 4.74 Å². The summed E-state index contributed by atoms with van der Waals surface area (Å²) < 4.78 is 19.2. The fraction of sp³-hybridized carbons (Fsp3) is 0.500. The SMILES string of the molecule is CN=C(NCc1ccnc(N2CCOC(C)C2)c1)NC1CCN(c2cccc(F)c2)CC1.I. The first-order valence-electron chi connectivity index (χ1n) is 11.4. The Morgan fingerprint density at radius 1 is 1.18 bits per heavy atom. The summed E-state index contributed by atoms with van der Waals surface area (Å²) in [6, 6.07) is 11.3. The van der Waals surface area contributed by atoms with Crippen molar-refractivity contribution in [2.75, 3.05) is 49.6 Å². The van der Waals surface area contributed by atoms with Crippen molar-refractivity contribution in [2.45, 2.75) is 38.5 Å². The molecular weight excluding hydrogens is 534 g/mol. The van der Waals surface area contributed by atoms with E-state index in [1.165, 1.54) is 6.07 Å². The molecule has 2 aliphatic rings. The zero-order valence-electron chi connectivity index (χ0n) is 19.3. The van der Waals surface area contributed by atoms with Crippen LogP contribution in [0.4, 0.5) is 15.9 Å². The summed E-state index contributed by atoms with van der Waals surface area (Å²) >= 11 is 0. The van der Waals surface area contributed by atoms with Crippen LogP contribution >= 0.6 is 24.0 Å². The van der Waals surface area contributed by atoms with E-state index in [2.05, 4.69) is 43.4 Å². The van der Waals surface area contributed by atoms with Gasteiger partial charge in [-0.05, 0) is 55.7 Å². The molecule has 33 heavy (non-hydrogen) atoms. The number of hydrogen-bond acceptors (Lipinski definition) is 5. The highest BCUT2D eigenvalue weighted by molar-refractivity contribution is 14.0. The second kappa shape index (κ2) is 12.4. The van der Waals surface area contributed by atoms with E-state index in [0.29, 0.717) is 12.6 Å². The zero-order valence-corrected chi connectivity index (χ0v) is 21.7. The van der Waals surface area contributed by atoms with Crippen LogP contribution in [-0.2, 0) is 11.3 Å². The lowest BCUT2D eigenvalue weighted by atomic mass is 10.0. The van der Waals surface area contributed by atoms with Crippen LogP contribution in [0.3, 0.4) is 0 Å². The molecule has 4 rings (SSSR count). The van der Waals surface area contributed by atoms with Gasteiger partial charge < -0.3 is 25.2 Å². The first kappa shape index (κ1) is 25.5. The van der Waals surface area contributed by atoms with Gasteiger partial charge in [-0.3, -0.25) is 4.99 Å². The number of anilines is 2. The zero-order chi connectivity index (χ0) is 22.3. The molecule has 1 atom stereocenters. The number of aliphatic imine (C=N–C) groups is 1. The van der Waals surface area contributed by atoms with E-state index in [1.807, 2.05) is 18.3 Å². The predicted octanol–water partition coefficient (Wildman–Crippen LogP) is 3.40. The van der Waals surface area contributed by atoms with Gasteiger partial charge in [0.25, 0.3) is 0 Å². The number of pyridine rings is 1. The molecule has 1 unspecified atom stereocenters. The second-order valence-corrected chi connectivity index (χ2v) is 8.46. The van der Waals surface area contributed by atoms with Gasteiger partial charge in [-0.2, -0.15) is 0 Å². The molecule has 0 saturated carbocycles. The van der Waals surface area contributed by atoms with Crippen LogP contribution in [0.5, 0.6) is 0 Å². The fourth-order valence-corrected chi connectivity index (χ4v) is 4.30. The molecule has 0 radical (unpaired) electrons. The smallest absolute Gasteiger partial charge is 0.191 e. The number of halogens is 2. The van der Waals surface area contributed by atoms with Crippen molar-refractivity contribution in [3.63, 3.8) is 0 Å². The van der Waals surface area contributed by atoms with Crippen molar-refractivity contribution in [1.29, 1.82) is 0 Å². The summed E-state index contributed by atoms with van der Waals surface area (Å²) in [6.07, 6.45) is 4.05. The Kier molecular flexibility index (Phi) is 9.54. The van der Waals surface area contributed by atoms with Crippen LogP contribution in [0.1, 0.15) is 25.3 Å². The van der Waals surface area contributed by atoms with Gasteiger partial charge in [-0.15, -0.1) is 24.0 Å². The number of rotatable bonds is 5. The molecule has 1 aromatic carbocycles. The molecule has 3 heterocycles. The third-order valence-electron chi connectivity index (χ3n) is 6.07. The first-order valence-corrected chi connectivity index (χ1v) is 11.4. The second-order valence-electron chi connectivity index (χ2n) is 8.46. The summed E-state index contributed by atoms with van der Waals surface area (Å²) in [6.45, 7) is 7.02. The van der Waals surface area contributed by atoms with Crippen molar-refractivity contribution in [3.8, 4) is 0 Å². The number of aromatic nitrogens is 1. The number of ether oxygens (including phenoxy) is 1. The highest BCUT2D eigenvalue weighted by Gasteiger charge is 2.21. The third kappa shape index (κ3) is 7.17. The third-order valence-corrected chi connectivity index (χ3v) is 6.07. The van der Waals surface area contributed by atoms with Gasteiger partial charge in [0.2, 0.25) is 0 Å². The maximum atomic E-state index is 13.5. The molecule has 0 aliphatic carbocycles. The Bertz CT molecular complexity index is 921. The molecule has 2 fully saturated rings. The van der Waals surface area contributed by atoms with Crippen molar-refractivity contribution < 1.29 is 9.13 Å². The lowest BCUT2D eigenvalue weighted by Crippen LogP contribution is -2.48. The molecule has 9 heteroatoms. The molecule has 2 aromatic rings. The van der Waals surface area contributed by atoms with Crippen LogP contribution in [0.2, 0.25) is 0 Å². The summed E-state index contributed by atoms with van der Waals surface area (Å²) in [4.78, 5) is 13.5. The van der Waals surface area contributed by atoms with Gasteiger partial charge in [0, 0.05) is 57.7 Å². The average molecular weight is 568 g/mol. The Morgan fingerprint density at radius 3 is 2.73 bits per heavy atom. The van der Waals surface area contributed by atoms with Gasteiger partial charge in [0.05, 0.1) is 12.7 Å². The molecule has 7 nitrogen and oxygen atoms in total. The lowest BCUT2D eigenvalue weighted by molar-refractivity contribution is 0.0529. The first-order chi connectivity index (χ1) is 15.6. The molecule has 180 valence electrons. The van der Waals surface area contributed by atoms with Crippen LogP contribution in [0.25, 0.3) is 0 Å². The molecule has 1 aromatic heterocycles. The fourth-order valence-electron chi connectivity index (χ4n) is 4.30. The predicted molar refractivity (Wildman–Crippen MR) is 142 cm³/mol. The molecule has 2 saturated heterocycles. The van der Waals surface area contributed by atoms with Crippen LogP contribution in [0, 0.1) is 5.82 Å². The van der Waals surface area contributed by atoms with E-state index >= 15 is 0 Å². The van der Waals surface area contributed by atoms with E-state index in [-0.39, 0.29) is 35.9 Å². The highest BCUT2D eigenvalue weighted by Crippen LogP contribution is 2.21. The number of morpholine rings is 1. The van der Waals surface area contributed by atoms with Crippen LogP contribution < -0.4 is 20.4 Å². The maximum Gasteiger partial charge on any atom is 0.191 e. The molecule has 0 bridgehead atoms. The molecule has 2 N–H and O–H groups in total. The Balaban J connectivity index is 0.00000306. The Labute approximate surface area is 212 Å². The van der Waals surface area contributed by atoms with E-state index in [1.54, 1.807) is 19.2 Å². The number of piperidine rings is 1. The summed E-state index contributed by atoms with van der Waals surface area (Å²) in [5, 5.41) is 6.97. The van der Waals surface area contributed by atoms with E-state index in [0.717, 1.165) is 68.7 Å². The minimum Gasteiger partial charge on any atom is -0.375 e. The average Bonchev–Trinajstić information content (AvgIpc) is 2.82. The van der Waals surface area contributed by atoms with Crippen molar-refractivity contribution >= 4 is 41.4 Å². The Morgan fingerprint density at radius 2 is 2.00 bits per heavy atom. The van der Waals surface area contributed by atoms with Gasteiger partial charge in [0.15, 0.2) is 5.96 Å². The van der Waals surface area contributed by atoms with Crippen molar-refractivity contribution in [1.82, 2.24) is 15.6 Å². The number of benzene rings is 1. The maximum absolute atomic E-state index is 13.5. The van der Waals surface area contributed by atoms with Gasteiger partial charge in [-0.1, -0.05) is 6.07 Å². The summed E-state index contributed by atoms with van der Waals surface area (Å²) in [7, 11) is 1.80. The highest BCUT2D eigenvalue weighted by atomic mass is 127. The van der Waals surface area contributed by atoms with E-state index < -0.39 is 0 Å². The molecule has 0 amide bonds. The number of hydrogen-bond donors (Lipinski definition) is 2. The number of nitrogens with one attached hydrogen (secondary N) is 2. The lowest BCUT2D eigenvalue weighted by Gasteiger charge is -2.34. The van der Waals surface area contributed by atoms with Gasteiger partial charge in [0.1, 0.15) is 11.6 Å². The summed E-state index contributed by atoms with van der Waals surface area (Å²) in [5.74, 6) is 1.61. The Hall–Kier alpha value is -2.14. The molecule has 0 spiro atoms. The topological polar surface area (TPSA) is 65.0 Å². The molecule has 2 aliphatic heterocycles. The van der Waals surface area contributed by atoms with Crippen LogP contribution in [0.15, 0.2) is 47.6 Å². The number of nitrogens with zero attached hydrogens (tertiary/aromatic N) is 4. The minimum atomic E-state index is -0.185. The summed E-state index contributed by atoms with van der Waals surface area (Å²) in [5.41, 5.74) is 2.12.